The van der Waals surface area contributed by atoms with Gasteiger partial charge in [0.15, 0.2) is 0 Å². The second-order valence-electron chi connectivity index (χ2n) is 3.07. The number of fused-ring (bicyclic) bond motifs is 1. The van der Waals surface area contributed by atoms with E-state index >= 15 is 0 Å². The van der Waals surface area contributed by atoms with E-state index in [4.69, 9.17) is 5.73 Å². The summed E-state index contributed by atoms with van der Waals surface area (Å²) < 4.78 is 2.21. The zero-order valence-corrected chi connectivity index (χ0v) is 6.53. The van der Waals surface area contributed by atoms with E-state index in [0.29, 0.717) is 6.04 Å². The number of imidazole rings is 1. The molecular weight excluding hydrogens is 138 g/mol. The molecule has 2 heterocycles. The normalized spacial score (nSPS) is 23.2. The molecule has 0 fully saturated rings. The number of hydrogen-bond donors (Lipinski definition) is 1. The van der Waals surface area contributed by atoms with Crippen LogP contribution >= 0.6 is 0 Å². The van der Waals surface area contributed by atoms with Gasteiger partial charge in [0.1, 0.15) is 0 Å². The van der Waals surface area contributed by atoms with Crippen molar-refractivity contribution in [3.8, 4) is 0 Å². The number of nitrogens with zero attached hydrogens (tertiary/aromatic N) is 2. The van der Waals surface area contributed by atoms with Crippen LogP contribution in [0.5, 0.6) is 0 Å². The van der Waals surface area contributed by atoms with Crippen LogP contribution < -0.4 is 5.73 Å². The Labute approximate surface area is 66.2 Å². The SMILES string of the molecule is NC[C@H]1CCCc2cncn21. The molecule has 1 aliphatic heterocycles. The molecule has 1 aromatic heterocycles. The summed E-state index contributed by atoms with van der Waals surface area (Å²) in [5.41, 5.74) is 6.97. The smallest absolute Gasteiger partial charge is 0.0951 e. The fraction of sp³-hybridized carbons (Fsp3) is 0.625. The number of hydrogen-bond acceptors (Lipinski definition) is 2. The Kier molecular flexibility index (Phi) is 1.66. The van der Waals surface area contributed by atoms with Crippen molar-refractivity contribution >= 4 is 0 Å². The molecule has 1 aliphatic rings. The van der Waals surface area contributed by atoms with Gasteiger partial charge in [-0.05, 0) is 19.3 Å². The van der Waals surface area contributed by atoms with Crippen LogP contribution in [0, 0.1) is 0 Å². The van der Waals surface area contributed by atoms with Crippen molar-refractivity contribution in [3.63, 3.8) is 0 Å². The average molecular weight is 151 g/mol. The summed E-state index contributed by atoms with van der Waals surface area (Å²) in [6, 6.07) is 0.501. The molecule has 3 nitrogen and oxygen atoms in total. The Morgan fingerprint density at radius 1 is 1.73 bits per heavy atom. The maximum atomic E-state index is 5.63. The van der Waals surface area contributed by atoms with Crippen molar-refractivity contribution in [1.29, 1.82) is 0 Å². The molecule has 0 aliphatic carbocycles. The monoisotopic (exact) mass is 151 g/mol. The van der Waals surface area contributed by atoms with Crippen molar-refractivity contribution < 1.29 is 0 Å². The van der Waals surface area contributed by atoms with Crippen molar-refractivity contribution in [3.05, 3.63) is 18.2 Å². The molecule has 1 atom stereocenters. The van der Waals surface area contributed by atoms with E-state index in [1.54, 1.807) is 0 Å². The topological polar surface area (TPSA) is 43.8 Å². The lowest BCUT2D eigenvalue weighted by molar-refractivity contribution is 0.409. The minimum Gasteiger partial charge on any atom is -0.330 e. The highest BCUT2D eigenvalue weighted by Crippen LogP contribution is 2.22. The second kappa shape index (κ2) is 2.66. The van der Waals surface area contributed by atoms with Crippen LogP contribution in [0.15, 0.2) is 12.5 Å². The van der Waals surface area contributed by atoms with E-state index in [-0.39, 0.29) is 0 Å². The van der Waals surface area contributed by atoms with Crippen molar-refractivity contribution in [1.82, 2.24) is 9.55 Å². The van der Waals surface area contributed by atoms with Gasteiger partial charge in [0, 0.05) is 24.5 Å². The van der Waals surface area contributed by atoms with Crippen LogP contribution in [-0.4, -0.2) is 16.1 Å². The van der Waals surface area contributed by atoms with Crippen LogP contribution in [0.2, 0.25) is 0 Å². The van der Waals surface area contributed by atoms with Gasteiger partial charge in [-0.1, -0.05) is 0 Å². The molecule has 3 heteroatoms. The molecule has 0 saturated carbocycles. The van der Waals surface area contributed by atoms with Crippen molar-refractivity contribution in [2.75, 3.05) is 6.54 Å². The van der Waals surface area contributed by atoms with Gasteiger partial charge in [-0.2, -0.15) is 0 Å². The molecule has 0 unspecified atom stereocenters. The maximum Gasteiger partial charge on any atom is 0.0951 e. The Balaban J connectivity index is 2.32. The summed E-state index contributed by atoms with van der Waals surface area (Å²) in [6.07, 6.45) is 7.47. The molecule has 11 heavy (non-hydrogen) atoms. The number of nitrogens with two attached hydrogens (primary N) is 1. The maximum absolute atomic E-state index is 5.63. The predicted molar refractivity (Wildman–Crippen MR) is 43.3 cm³/mol. The van der Waals surface area contributed by atoms with Gasteiger partial charge in [0.05, 0.1) is 6.33 Å². The first-order valence-electron chi connectivity index (χ1n) is 4.12. The molecule has 0 aromatic carbocycles. The third-order valence-electron chi connectivity index (χ3n) is 2.38. The first-order chi connectivity index (χ1) is 5.42. The quantitative estimate of drug-likeness (QED) is 0.642. The second-order valence-corrected chi connectivity index (χ2v) is 3.07. The van der Waals surface area contributed by atoms with Gasteiger partial charge < -0.3 is 10.3 Å². The first kappa shape index (κ1) is 6.85. The summed E-state index contributed by atoms with van der Waals surface area (Å²) in [4.78, 5) is 4.11. The van der Waals surface area contributed by atoms with Crippen LogP contribution in [0.3, 0.4) is 0 Å². The highest BCUT2D eigenvalue weighted by molar-refractivity contribution is 5.03. The Bertz CT molecular complexity index is 241. The minimum atomic E-state index is 0.501. The van der Waals surface area contributed by atoms with E-state index < -0.39 is 0 Å². The van der Waals surface area contributed by atoms with E-state index in [2.05, 4.69) is 9.55 Å². The van der Waals surface area contributed by atoms with Gasteiger partial charge in [0.25, 0.3) is 0 Å². The van der Waals surface area contributed by atoms with Gasteiger partial charge >= 0.3 is 0 Å². The van der Waals surface area contributed by atoms with Gasteiger partial charge in [-0.3, -0.25) is 0 Å². The lowest BCUT2D eigenvalue weighted by Gasteiger charge is -2.23. The Morgan fingerprint density at radius 2 is 2.64 bits per heavy atom. The molecule has 0 amide bonds. The average Bonchev–Trinajstić information content (AvgIpc) is 2.50. The molecule has 60 valence electrons. The molecule has 0 spiro atoms. The van der Waals surface area contributed by atoms with E-state index in [1.165, 1.54) is 18.5 Å². The molecular formula is C8H13N3. The summed E-state index contributed by atoms with van der Waals surface area (Å²) >= 11 is 0. The van der Waals surface area contributed by atoms with Crippen LogP contribution in [0.25, 0.3) is 0 Å². The largest absolute Gasteiger partial charge is 0.330 e. The standard InChI is InChI=1S/C8H13N3/c9-4-7-2-1-3-8-5-10-6-11(7)8/h5-7H,1-4,9H2/t7-/m1/s1. The molecule has 0 saturated heterocycles. The highest BCUT2D eigenvalue weighted by Gasteiger charge is 2.16. The van der Waals surface area contributed by atoms with Crippen LogP contribution in [0.1, 0.15) is 24.6 Å². The predicted octanol–water partition coefficient (Wildman–Crippen LogP) is 0.719. The van der Waals surface area contributed by atoms with Crippen LogP contribution in [0.4, 0.5) is 0 Å². The summed E-state index contributed by atoms with van der Waals surface area (Å²) in [5, 5.41) is 0. The van der Waals surface area contributed by atoms with E-state index in [1.807, 2.05) is 12.5 Å². The van der Waals surface area contributed by atoms with Gasteiger partial charge in [-0.15, -0.1) is 0 Å². The lowest BCUT2D eigenvalue weighted by Crippen LogP contribution is -2.23. The third kappa shape index (κ3) is 1.05. The third-order valence-corrected chi connectivity index (χ3v) is 2.38. The van der Waals surface area contributed by atoms with Gasteiger partial charge in [-0.25, -0.2) is 4.98 Å². The molecule has 0 radical (unpaired) electrons. The Morgan fingerprint density at radius 3 is 3.45 bits per heavy atom. The number of rotatable bonds is 1. The summed E-state index contributed by atoms with van der Waals surface area (Å²) in [6.45, 7) is 0.739. The molecule has 0 bridgehead atoms. The lowest BCUT2D eigenvalue weighted by atomic mass is 10.0. The first-order valence-corrected chi connectivity index (χ1v) is 4.12. The van der Waals surface area contributed by atoms with E-state index in [9.17, 15) is 0 Å². The summed E-state index contributed by atoms with van der Waals surface area (Å²) in [7, 11) is 0. The zero-order chi connectivity index (χ0) is 7.68. The Hall–Kier alpha value is -0.830. The number of aromatic nitrogens is 2. The van der Waals surface area contributed by atoms with Crippen molar-refractivity contribution in [2.45, 2.75) is 25.3 Å². The zero-order valence-electron chi connectivity index (χ0n) is 6.53. The van der Waals surface area contributed by atoms with Crippen molar-refractivity contribution in [2.24, 2.45) is 5.73 Å². The van der Waals surface area contributed by atoms with E-state index in [0.717, 1.165) is 13.0 Å². The highest BCUT2D eigenvalue weighted by atomic mass is 15.1. The minimum absolute atomic E-state index is 0.501. The fourth-order valence-electron chi connectivity index (χ4n) is 1.74. The molecule has 2 rings (SSSR count). The van der Waals surface area contributed by atoms with Gasteiger partial charge in [0.2, 0.25) is 0 Å². The van der Waals surface area contributed by atoms with Crippen LogP contribution in [-0.2, 0) is 6.42 Å². The molecule has 1 aromatic rings. The summed E-state index contributed by atoms with van der Waals surface area (Å²) in [5.74, 6) is 0. The number of aryl methyl sites for hydroxylation is 1. The molecule has 2 N–H and O–H groups in total. The fourth-order valence-corrected chi connectivity index (χ4v) is 1.74.